The van der Waals surface area contributed by atoms with Gasteiger partial charge in [0.25, 0.3) is 0 Å². The molecule has 0 aromatic heterocycles. The number of carboxylic acid groups (broad SMARTS) is 1. The summed E-state index contributed by atoms with van der Waals surface area (Å²) in [4.78, 5) is 10.8. The van der Waals surface area contributed by atoms with Gasteiger partial charge in [-0.2, -0.15) is 0 Å². The number of aryl methyl sites for hydroxylation is 2. The van der Waals surface area contributed by atoms with Crippen molar-refractivity contribution in [1.29, 1.82) is 0 Å². The van der Waals surface area contributed by atoms with E-state index in [0.717, 1.165) is 11.1 Å². The SMILES string of the molecule is Cc1ccc(OCc2cccc(C(=O)O)c2F)cc1C. The Morgan fingerprint density at radius 1 is 1.20 bits per heavy atom. The van der Waals surface area contributed by atoms with E-state index in [1.165, 1.54) is 18.2 Å². The third kappa shape index (κ3) is 2.96. The van der Waals surface area contributed by atoms with Crippen LogP contribution in [-0.2, 0) is 6.61 Å². The van der Waals surface area contributed by atoms with Crippen molar-refractivity contribution in [2.75, 3.05) is 0 Å². The van der Waals surface area contributed by atoms with E-state index in [1.807, 2.05) is 26.0 Å². The summed E-state index contributed by atoms with van der Waals surface area (Å²) in [6.07, 6.45) is 0. The van der Waals surface area contributed by atoms with Crippen molar-refractivity contribution in [3.8, 4) is 5.75 Å². The fraction of sp³-hybridized carbons (Fsp3) is 0.188. The van der Waals surface area contributed by atoms with E-state index in [0.29, 0.717) is 5.75 Å². The molecule has 2 aromatic carbocycles. The van der Waals surface area contributed by atoms with Crippen LogP contribution < -0.4 is 4.74 Å². The third-order valence-electron chi connectivity index (χ3n) is 3.18. The van der Waals surface area contributed by atoms with Crippen LogP contribution in [0.3, 0.4) is 0 Å². The van der Waals surface area contributed by atoms with Gasteiger partial charge in [-0.3, -0.25) is 0 Å². The lowest BCUT2D eigenvalue weighted by Gasteiger charge is -2.10. The van der Waals surface area contributed by atoms with Crippen LogP contribution in [0.2, 0.25) is 0 Å². The average Bonchev–Trinajstić information content (AvgIpc) is 2.41. The molecule has 0 radical (unpaired) electrons. The number of rotatable bonds is 4. The first-order chi connectivity index (χ1) is 9.49. The number of aromatic carboxylic acids is 1. The first-order valence-corrected chi connectivity index (χ1v) is 6.20. The molecule has 0 saturated carbocycles. The number of carbonyl (C=O) groups is 1. The number of hydrogen-bond donors (Lipinski definition) is 1. The molecular formula is C16H15FO3. The Morgan fingerprint density at radius 2 is 1.95 bits per heavy atom. The fourth-order valence-electron chi connectivity index (χ4n) is 1.82. The predicted octanol–water partition coefficient (Wildman–Crippen LogP) is 3.72. The van der Waals surface area contributed by atoms with Gasteiger partial charge in [0.05, 0.1) is 5.56 Å². The maximum Gasteiger partial charge on any atom is 0.338 e. The van der Waals surface area contributed by atoms with Gasteiger partial charge < -0.3 is 9.84 Å². The van der Waals surface area contributed by atoms with E-state index in [1.54, 1.807) is 6.07 Å². The zero-order chi connectivity index (χ0) is 14.7. The summed E-state index contributed by atoms with van der Waals surface area (Å²) in [7, 11) is 0. The maximum absolute atomic E-state index is 13.9. The minimum atomic E-state index is -1.28. The standard InChI is InChI=1S/C16H15FO3/c1-10-6-7-13(8-11(10)2)20-9-12-4-3-5-14(15(12)17)16(18)19/h3-8H,9H2,1-2H3,(H,18,19). The summed E-state index contributed by atoms with van der Waals surface area (Å²) in [5.74, 6) is -1.40. The van der Waals surface area contributed by atoms with Crippen LogP contribution >= 0.6 is 0 Å². The molecule has 0 aliphatic carbocycles. The van der Waals surface area contributed by atoms with Crippen molar-refractivity contribution < 1.29 is 19.0 Å². The zero-order valence-corrected chi connectivity index (χ0v) is 11.3. The molecule has 0 unspecified atom stereocenters. The number of carboxylic acids is 1. The van der Waals surface area contributed by atoms with E-state index < -0.39 is 11.8 Å². The summed E-state index contributed by atoms with van der Waals surface area (Å²) in [5, 5.41) is 8.86. The lowest BCUT2D eigenvalue weighted by molar-refractivity contribution is 0.0691. The van der Waals surface area contributed by atoms with Crippen LogP contribution in [0.25, 0.3) is 0 Å². The van der Waals surface area contributed by atoms with E-state index >= 15 is 0 Å². The van der Waals surface area contributed by atoms with Crippen molar-refractivity contribution in [3.63, 3.8) is 0 Å². The summed E-state index contributed by atoms with van der Waals surface area (Å²) >= 11 is 0. The number of hydrogen-bond acceptors (Lipinski definition) is 2. The van der Waals surface area contributed by atoms with Gasteiger partial charge in [-0.25, -0.2) is 9.18 Å². The van der Waals surface area contributed by atoms with Gasteiger partial charge >= 0.3 is 5.97 Å². The van der Waals surface area contributed by atoms with Crippen LogP contribution in [0.5, 0.6) is 5.75 Å². The highest BCUT2D eigenvalue weighted by Crippen LogP contribution is 2.19. The highest BCUT2D eigenvalue weighted by atomic mass is 19.1. The Hall–Kier alpha value is -2.36. The van der Waals surface area contributed by atoms with Gasteiger partial charge in [0, 0.05) is 5.56 Å². The summed E-state index contributed by atoms with van der Waals surface area (Å²) in [6, 6.07) is 9.86. The van der Waals surface area contributed by atoms with Gasteiger partial charge in [0.15, 0.2) is 0 Å². The molecule has 0 aliphatic rings. The summed E-state index contributed by atoms with van der Waals surface area (Å²) < 4.78 is 19.4. The highest BCUT2D eigenvalue weighted by molar-refractivity contribution is 5.88. The topological polar surface area (TPSA) is 46.5 Å². The maximum atomic E-state index is 13.9. The molecule has 0 saturated heterocycles. The molecule has 0 fully saturated rings. The van der Waals surface area contributed by atoms with Crippen molar-refractivity contribution >= 4 is 5.97 Å². The summed E-state index contributed by atoms with van der Waals surface area (Å²) in [5.41, 5.74) is 2.12. The molecule has 0 atom stereocenters. The van der Waals surface area contributed by atoms with E-state index in [-0.39, 0.29) is 17.7 Å². The molecule has 0 heterocycles. The molecule has 0 spiro atoms. The average molecular weight is 274 g/mol. The molecule has 0 aliphatic heterocycles. The van der Waals surface area contributed by atoms with Crippen molar-refractivity contribution in [1.82, 2.24) is 0 Å². The molecule has 20 heavy (non-hydrogen) atoms. The zero-order valence-electron chi connectivity index (χ0n) is 11.3. The monoisotopic (exact) mass is 274 g/mol. The number of ether oxygens (including phenoxy) is 1. The Bertz CT molecular complexity index is 650. The quantitative estimate of drug-likeness (QED) is 0.924. The Labute approximate surface area is 116 Å². The van der Waals surface area contributed by atoms with Crippen LogP contribution in [-0.4, -0.2) is 11.1 Å². The smallest absolute Gasteiger partial charge is 0.338 e. The third-order valence-corrected chi connectivity index (χ3v) is 3.18. The second-order valence-electron chi connectivity index (χ2n) is 4.62. The molecule has 0 amide bonds. The minimum Gasteiger partial charge on any atom is -0.489 e. The van der Waals surface area contributed by atoms with Gasteiger partial charge in [-0.15, -0.1) is 0 Å². The molecular weight excluding hydrogens is 259 g/mol. The lowest BCUT2D eigenvalue weighted by atomic mass is 10.1. The van der Waals surface area contributed by atoms with Crippen molar-refractivity contribution in [2.45, 2.75) is 20.5 Å². The number of halogens is 1. The van der Waals surface area contributed by atoms with Crippen molar-refractivity contribution in [3.05, 3.63) is 64.5 Å². The Morgan fingerprint density at radius 3 is 2.60 bits per heavy atom. The van der Waals surface area contributed by atoms with E-state index in [9.17, 15) is 9.18 Å². The molecule has 0 bridgehead atoms. The van der Waals surface area contributed by atoms with Crippen LogP contribution in [0.4, 0.5) is 4.39 Å². The highest BCUT2D eigenvalue weighted by Gasteiger charge is 2.13. The van der Waals surface area contributed by atoms with E-state index in [4.69, 9.17) is 9.84 Å². The molecule has 2 aromatic rings. The molecule has 104 valence electrons. The van der Waals surface area contributed by atoms with Gasteiger partial charge in [-0.1, -0.05) is 18.2 Å². The normalized spacial score (nSPS) is 10.3. The lowest BCUT2D eigenvalue weighted by Crippen LogP contribution is -2.06. The van der Waals surface area contributed by atoms with Crippen molar-refractivity contribution in [2.24, 2.45) is 0 Å². The first kappa shape index (κ1) is 14.1. The van der Waals surface area contributed by atoms with Gasteiger partial charge in [0.1, 0.15) is 18.2 Å². The first-order valence-electron chi connectivity index (χ1n) is 6.20. The number of benzene rings is 2. The van der Waals surface area contributed by atoms with Gasteiger partial charge in [0.2, 0.25) is 0 Å². The van der Waals surface area contributed by atoms with E-state index in [2.05, 4.69) is 0 Å². The molecule has 2 rings (SSSR count). The van der Waals surface area contributed by atoms with Gasteiger partial charge in [-0.05, 0) is 43.2 Å². The fourth-order valence-corrected chi connectivity index (χ4v) is 1.82. The van der Waals surface area contributed by atoms with Crippen LogP contribution in [0, 0.1) is 19.7 Å². The Kier molecular flexibility index (Phi) is 4.03. The van der Waals surface area contributed by atoms with Crippen LogP contribution in [0.15, 0.2) is 36.4 Å². The molecule has 1 N–H and O–H groups in total. The largest absolute Gasteiger partial charge is 0.489 e. The Balaban J connectivity index is 2.17. The summed E-state index contributed by atoms with van der Waals surface area (Å²) in [6.45, 7) is 3.96. The van der Waals surface area contributed by atoms with Crippen LogP contribution in [0.1, 0.15) is 27.0 Å². The molecule has 3 nitrogen and oxygen atoms in total. The predicted molar refractivity (Wildman–Crippen MR) is 73.6 cm³/mol. The minimum absolute atomic E-state index is 0.00451. The molecule has 4 heteroatoms. The second kappa shape index (κ2) is 5.74. The second-order valence-corrected chi connectivity index (χ2v) is 4.62.